The summed E-state index contributed by atoms with van der Waals surface area (Å²) in [6.07, 6.45) is 0. The fraction of sp³-hybridized carbons (Fsp3) is 0.750. The van der Waals surface area contributed by atoms with Crippen LogP contribution >= 0.6 is 0 Å². The molecule has 0 bridgehead atoms. The van der Waals surface area contributed by atoms with Crippen LogP contribution < -0.4 is 5.32 Å². The third-order valence-corrected chi connectivity index (χ3v) is 5.49. The van der Waals surface area contributed by atoms with E-state index in [1.807, 2.05) is 13.8 Å². The third kappa shape index (κ3) is 2.01. The lowest BCUT2D eigenvalue weighted by molar-refractivity contribution is 0.457. The lowest BCUT2D eigenvalue weighted by atomic mass is 10.0. The molecule has 2 nitrogen and oxygen atoms in total. The molecule has 2 heteroatoms. The Morgan fingerprint density at radius 3 is 2.17 bits per heavy atom. The molecule has 1 N–H and O–H groups in total. The molecule has 18 heavy (non-hydrogen) atoms. The van der Waals surface area contributed by atoms with E-state index in [4.69, 9.17) is 4.42 Å². The van der Waals surface area contributed by atoms with Gasteiger partial charge in [0.05, 0.1) is 0 Å². The second-order valence-corrected chi connectivity index (χ2v) is 6.99. The molecule has 1 heterocycles. The van der Waals surface area contributed by atoms with Crippen molar-refractivity contribution in [2.75, 3.05) is 6.54 Å². The molecular formula is C16H27NO. The average molecular weight is 249 g/mol. The average Bonchev–Trinajstić information content (AvgIpc) is 2.54. The van der Waals surface area contributed by atoms with Crippen molar-refractivity contribution in [3.8, 4) is 0 Å². The minimum atomic E-state index is 0.370. The largest absolute Gasteiger partial charge is 0.466 e. The van der Waals surface area contributed by atoms with Crippen molar-refractivity contribution in [1.82, 2.24) is 5.32 Å². The summed E-state index contributed by atoms with van der Waals surface area (Å²) in [6, 6.07) is 2.52. The van der Waals surface area contributed by atoms with Crippen molar-refractivity contribution in [3.63, 3.8) is 0 Å². The second kappa shape index (κ2) is 4.12. The number of rotatable bonds is 4. The summed E-state index contributed by atoms with van der Waals surface area (Å²) in [6.45, 7) is 16.9. The van der Waals surface area contributed by atoms with Gasteiger partial charge in [0.2, 0.25) is 0 Å². The Morgan fingerprint density at radius 2 is 1.78 bits per heavy atom. The number of furan rings is 1. The fourth-order valence-corrected chi connectivity index (χ4v) is 3.33. The minimum absolute atomic E-state index is 0.370. The Hall–Kier alpha value is -0.760. The molecule has 1 saturated carbocycles. The topological polar surface area (TPSA) is 25.2 Å². The van der Waals surface area contributed by atoms with Crippen molar-refractivity contribution >= 4 is 0 Å². The van der Waals surface area contributed by atoms with Crippen LogP contribution in [0.25, 0.3) is 0 Å². The van der Waals surface area contributed by atoms with E-state index >= 15 is 0 Å². The molecule has 0 radical (unpaired) electrons. The van der Waals surface area contributed by atoms with Gasteiger partial charge in [0, 0.05) is 11.6 Å². The van der Waals surface area contributed by atoms with Crippen LogP contribution in [0.2, 0.25) is 0 Å². The Morgan fingerprint density at radius 1 is 1.22 bits per heavy atom. The number of aryl methyl sites for hydroxylation is 2. The molecular weight excluding hydrogens is 222 g/mol. The molecule has 1 aliphatic rings. The van der Waals surface area contributed by atoms with Gasteiger partial charge < -0.3 is 9.73 Å². The summed E-state index contributed by atoms with van der Waals surface area (Å²) in [5.41, 5.74) is 2.21. The Bertz CT molecular complexity index is 428. The van der Waals surface area contributed by atoms with Crippen molar-refractivity contribution in [1.29, 1.82) is 0 Å². The highest BCUT2D eigenvalue weighted by Gasteiger charge is 2.63. The Balaban J connectivity index is 1.94. The molecule has 0 amide bonds. The van der Waals surface area contributed by atoms with Crippen molar-refractivity contribution in [2.45, 2.75) is 54.5 Å². The highest BCUT2D eigenvalue weighted by Crippen LogP contribution is 2.68. The number of hydrogen-bond acceptors (Lipinski definition) is 2. The maximum absolute atomic E-state index is 5.60. The predicted octanol–water partition coefficient (Wildman–Crippen LogP) is 4.23. The smallest absolute Gasteiger partial charge is 0.105 e. The monoisotopic (exact) mass is 249 g/mol. The van der Waals surface area contributed by atoms with E-state index in [1.54, 1.807) is 0 Å². The van der Waals surface area contributed by atoms with Crippen LogP contribution in [-0.2, 0) is 0 Å². The third-order valence-electron chi connectivity index (χ3n) is 5.49. The first-order valence-electron chi connectivity index (χ1n) is 6.98. The highest BCUT2D eigenvalue weighted by molar-refractivity contribution is 5.23. The van der Waals surface area contributed by atoms with Gasteiger partial charge in [0.1, 0.15) is 11.5 Å². The van der Waals surface area contributed by atoms with E-state index < -0.39 is 0 Å². The first kappa shape index (κ1) is 13.7. The van der Waals surface area contributed by atoms with Crippen LogP contribution in [0.1, 0.15) is 57.7 Å². The Kier molecular flexibility index (Phi) is 3.13. The van der Waals surface area contributed by atoms with Crippen LogP contribution in [0.3, 0.4) is 0 Å². The SMILES string of the molecule is Cc1cc(C(C)NCC2C(C)(C)C2(C)C)c(C)o1. The molecule has 1 unspecified atom stereocenters. The maximum Gasteiger partial charge on any atom is 0.105 e. The van der Waals surface area contributed by atoms with Gasteiger partial charge in [0.25, 0.3) is 0 Å². The van der Waals surface area contributed by atoms with Gasteiger partial charge in [-0.15, -0.1) is 0 Å². The Labute approximate surface area is 111 Å². The molecule has 0 aliphatic heterocycles. The zero-order valence-corrected chi connectivity index (χ0v) is 12.8. The predicted molar refractivity (Wildman–Crippen MR) is 75.7 cm³/mol. The van der Waals surface area contributed by atoms with Gasteiger partial charge in [-0.2, -0.15) is 0 Å². The maximum atomic E-state index is 5.60. The summed E-state index contributed by atoms with van der Waals surface area (Å²) in [7, 11) is 0. The zero-order valence-electron chi connectivity index (χ0n) is 12.8. The quantitative estimate of drug-likeness (QED) is 0.864. The summed E-state index contributed by atoms with van der Waals surface area (Å²) in [4.78, 5) is 0. The minimum Gasteiger partial charge on any atom is -0.466 e. The van der Waals surface area contributed by atoms with Crippen molar-refractivity contribution in [2.24, 2.45) is 16.7 Å². The normalized spacial score (nSPS) is 23.1. The fourth-order valence-electron chi connectivity index (χ4n) is 3.33. The van der Waals surface area contributed by atoms with E-state index in [2.05, 4.69) is 46.0 Å². The second-order valence-electron chi connectivity index (χ2n) is 6.99. The molecule has 1 aromatic rings. The van der Waals surface area contributed by atoms with E-state index in [0.29, 0.717) is 16.9 Å². The summed E-state index contributed by atoms with van der Waals surface area (Å²) < 4.78 is 5.60. The summed E-state index contributed by atoms with van der Waals surface area (Å²) in [5.74, 6) is 2.81. The first-order chi connectivity index (χ1) is 8.18. The number of nitrogens with one attached hydrogen (secondary N) is 1. The molecule has 1 fully saturated rings. The van der Waals surface area contributed by atoms with Gasteiger partial charge in [0.15, 0.2) is 0 Å². The highest BCUT2D eigenvalue weighted by atomic mass is 16.3. The lowest BCUT2D eigenvalue weighted by Crippen LogP contribution is -2.23. The first-order valence-corrected chi connectivity index (χ1v) is 6.98. The molecule has 0 aromatic carbocycles. The molecule has 1 aromatic heterocycles. The number of hydrogen-bond donors (Lipinski definition) is 1. The van der Waals surface area contributed by atoms with Crippen molar-refractivity contribution < 1.29 is 4.42 Å². The van der Waals surface area contributed by atoms with E-state index in [1.165, 1.54) is 5.56 Å². The van der Waals surface area contributed by atoms with Crippen LogP contribution in [0.5, 0.6) is 0 Å². The summed E-state index contributed by atoms with van der Waals surface area (Å²) in [5, 5.41) is 3.67. The summed E-state index contributed by atoms with van der Waals surface area (Å²) >= 11 is 0. The van der Waals surface area contributed by atoms with Crippen molar-refractivity contribution in [3.05, 3.63) is 23.2 Å². The van der Waals surface area contributed by atoms with E-state index in [0.717, 1.165) is 24.0 Å². The van der Waals surface area contributed by atoms with Crippen LogP contribution in [0.15, 0.2) is 10.5 Å². The van der Waals surface area contributed by atoms with E-state index in [-0.39, 0.29) is 0 Å². The van der Waals surface area contributed by atoms with Crippen LogP contribution in [0.4, 0.5) is 0 Å². The van der Waals surface area contributed by atoms with Gasteiger partial charge >= 0.3 is 0 Å². The molecule has 102 valence electrons. The van der Waals surface area contributed by atoms with Gasteiger partial charge in [-0.25, -0.2) is 0 Å². The van der Waals surface area contributed by atoms with Gasteiger partial charge in [-0.1, -0.05) is 27.7 Å². The molecule has 1 aliphatic carbocycles. The van der Waals surface area contributed by atoms with Crippen LogP contribution in [0, 0.1) is 30.6 Å². The molecule has 1 atom stereocenters. The molecule has 2 rings (SSSR count). The van der Waals surface area contributed by atoms with Crippen LogP contribution in [-0.4, -0.2) is 6.54 Å². The molecule has 0 spiro atoms. The standard InChI is InChI=1S/C16H27NO/c1-10-8-13(12(3)18-10)11(2)17-9-14-15(4,5)16(14,6)7/h8,11,14,17H,9H2,1-7H3. The van der Waals surface area contributed by atoms with Gasteiger partial charge in [-0.05, 0) is 50.1 Å². The molecule has 0 saturated heterocycles. The lowest BCUT2D eigenvalue weighted by Gasteiger charge is -2.14. The zero-order chi connectivity index (χ0) is 13.7. The van der Waals surface area contributed by atoms with Gasteiger partial charge in [-0.3, -0.25) is 0 Å². The van der Waals surface area contributed by atoms with E-state index in [9.17, 15) is 0 Å².